The molecular formula is C77H134O6. The number of carbonyl (C=O) groups excluding carboxylic acids is 3. The van der Waals surface area contributed by atoms with Crippen molar-refractivity contribution < 1.29 is 28.6 Å². The van der Waals surface area contributed by atoms with Gasteiger partial charge in [0.25, 0.3) is 0 Å². The molecule has 0 N–H and O–H groups in total. The molecule has 0 saturated heterocycles. The molecule has 0 aliphatic rings. The number of unbranched alkanes of at least 4 members (excludes halogenated alkanes) is 38. The van der Waals surface area contributed by atoms with E-state index in [1.807, 2.05) is 0 Å². The Bertz CT molecular complexity index is 1610. The molecule has 1 unspecified atom stereocenters. The number of ether oxygens (including phenoxy) is 3. The number of carbonyl (C=O) groups is 3. The van der Waals surface area contributed by atoms with Crippen LogP contribution in [0.3, 0.4) is 0 Å². The summed E-state index contributed by atoms with van der Waals surface area (Å²) in [4.78, 5) is 38.5. The molecule has 0 amide bonds. The molecule has 0 aromatic carbocycles. The van der Waals surface area contributed by atoms with Crippen molar-refractivity contribution in [2.75, 3.05) is 13.2 Å². The van der Waals surface area contributed by atoms with Gasteiger partial charge in [-0.1, -0.05) is 311 Å². The molecule has 1 atom stereocenters. The first kappa shape index (κ1) is 79.3. The van der Waals surface area contributed by atoms with Crippen LogP contribution in [0.4, 0.5) is 0 Å². The summed E-state index contributed by atoms with van der Waals surface area (Å²) in [6, 6.07) is 0. The van der Waals surface area contributed by atoms with Crippen LogP contribution in [0, 0.1) is 0 Å². The minimum Gasteiger partial charge on any atom is -0.462 e. The highest BCUT2D eigenvalue weighted by atomic mass is 16.6. The SMILES string of the molecule is CC/C=C\C/C=C\C/C=C\C/C=C\C/C=C\CCCCCCCCCCCCCCCC(=O)OCC(COC(=O)CCCCCCCCC/C=C\CCCCCCCC)OC(=O)CCCCCCCCCCC/C=C\C/C=C\CCCCC. The third kappa shape index (κ3) is 69.0. The van der Waals surface area contributed by atoms with Crippen LogP contribution < -0.4 is 0 Å². The monoisotopic (exact) mass is 1160 g/mol. The summed E-state index contributed by atoms with van der Waals surface area (Å²) < 4.78 is 17.0. The maximum absolute atomic E-state index is 13.0. The minimum absolute atomic E-state index is 0.0787. The van der Waals surface area contributed by atoms with Crippen LogP contribution in [0.1, 0.15) is 355 Å². The molecular weight excluding hydrogens is 1020 g/mol. The molecule has 0 fully saturated rings. The Labute approximate surface area is 515 Å². The Morgan fingerprint density at radius 1 is 0.253 bits per heavy atom. The van der Waals surface area contributed by atoms with Crippen molar-refractivity contribution in [2.45, 2.75) is 361 Å². The average Bonchev–Trinajstić information content (AvgIpc) is 3.49. The van der Waals surface area contributed by atoms with Gasteiger partial charge in [0.15, 0.2) is 6.10 Å². The average molecular weight is 1160 g/mol. The van der Waals surface area contributed by atoms with Crippen molar-refractivity contribution in [3.63, 3.8) is 0 Å². The summed E-state index contributed by atoms with van der Waals surface area (Å²) in [5, 5.41) is 0. The molecule has 478 valence electrons. The van der Waals surface area contributed by atoms with Crippen molar-refractivity contribution in [3.05, 3.63) is 97.2 Å². The van der Waals surface area contributed by atoms with Crippen LogP contribution in [0.5, 0.6) is 0 Å². The number of hydrogen-bond acceptors (Lipinski definition) is 6. The molecule has 0 aromatic rings. The minimum atomic E-state index is -0.784. The summed E-state index contributed by atoms with van der Waals surface area (Å²) in [7, 11) is 0. The van der Waals surface area contributed by atoms with Crippen molar-refractivity contribution in [3.8, 4) is 0 Å². The fourth-order valence-electron chi connectivity index (χ4n) is 10.2. The lowest BCUT2D eigenvalue weighted by atomic mass is 10.0. The van der Waals surface area contributed by atoms with Gasteiger partial charge in [-0.2, -0.15) is 0 Å². The van der Waals surface area contributed by atoms with Crippen molar-refractivity contribution in [1.82, 2.24) is 0 Å². The molecule has 0 saturated carbocycles. The van der Waals surface area contributed by atoms with Gasteiger partial charge in [0, 0.05) is 19.3 Å². The highest BCUT2D eigenvalue weighted by Crippen LogP contribution is 2.17. The van der Waals surface area contributed by atoms with E-state index in [9.17, 15) is 14.4 Å². The Morgan fingerprint density at radius 3 is 0.771 bits per heavy atom. The summed E-state index contributed by atoms with van der Waals surface area (Å²) in [6.07, 6.45) is 95.7. The Balaban J connectivity index is 4.31. The van der Waals surface area contributed by atoms with Crippen LogP contribution in [-0.4, -0.2) is 37.2 Å². The molecule has 0 radical (unpaired) electrons. The molecule has 6 heteroatoms. The topological polar surface area (TPSA) is 78.9 Å². The van der Waals surface area contributed by atoms with Gasteiger partial charge < -0.3 is 14.2 Å². The lowest BCUT2D eigenvalue weighted by Crippen LogP contribution is -2.30. The quantitative estimate of drug-likeness (QED) is 0.0261. The van der Waals surface area contributed by atoms with Gasteiger partial charge in [0.1, 0.15) is 13.2 Å². The van der Waals surface area contributed by atoms with Gasteiger partial charge in [-0.05, 0) is 122 Å². The number of allylic oxidation sites excluding steroid dienone is 16. The highest BCUT2D eigenvalue weighted by Gasteiger charge is 2.19. The van der Waals surface area contributed by atoms with Crippen molar-refractivity contribution in [1.29, 1.82) is 0 Å². The number of rotatable bonds is 65. The zero-order valence-corrected chi connectivity index (χ0v) is 54.9. The van der Waals surface area contributed by atoms with E-state index >= 15 is 0 Å². The summed E-state index contributed by atoms with van der Waals surface area (Å²) in [5.41, 5.74) is 0. The Kier molecular flexibility index (Phi) is 67.7. The van der Waals surface area contributed by atoms with E-state index in [0.29, 0.717) is 19.3 Å². The first-order chi connectivity index (χ1) is 41.0. The highest BCUT2D eigenvalue weighted by molar-refractivity contribution is 5.71. The van der Waals surface area contributed by atoms with E-state index in [-0.39, 0.29) is 31.1 Å². The first-order valence-corrected chi connectivity index (χ1v) is 35.7. The summed E-state index contributed by atoms with van der Waals surface area (Å²) in [6.45, 7) is 6.54. The lowest BCUT2D eigenvalue weighted by molar-refractivity contribution is -0.167. The molecule has 0 bridgehead atoms. The number of hydrogen-bond donors (Lipinski definition) is 0. The third-order valence-corrected chi connectivity index (χ3v) is 15.5. The van der Waals surface area contributed by atoms with Crippen LogP contribution >= 0.6 is 0 Å². The maximum Gasteiger partial charge on any atom is 0.306 e. The van der Waals surface area contributed by atoms with Gasteiger partial charge in [-0.15, -0.1) is 0 Å². The van der Waals surface area contributed by atoms with Crippen molar-refractivity contribution >= 4 is 17.9 Å². The molecule has 0 aliphatic carbocycles. The Hall–Kier alpha value is -3.67. The second-order valence-electron chi connectivity index (χ2n) is 23.8. The van der Waals surface area contributed by atoms with Gasteiger partial charge >= 0.3 is 17.9 Å². The predicted molar refractivity (Wildman–Crippen MR) is 362 cm³/mol. The van der Waals surface area contributed by atoms with Gasteiger partial charge in [-0.3, -0.25) is 14.4 Å². The van der Waals surface area contributed by atoms with E-state index in [4.69, 9.17) is 14.2 Å². The molecule has 0 spiro atoms. The van der Waals surface area contributed by atoms with E-state index in [1.165, 1.54) is 218 Å². The van der Waals surface area contributed by atoms with E-state index in [0.717, 1.165) is 96.3 Å². The van der Waals surface area contributed by atoms with Gasteiger partial charge in [0.05, 0.1) is 0 Å². The fraction of sp³-hybridized carbons (Fsp3) is 0.753. The van der Waals surface area contributed by atoms with Gasteiger partial charge in [0.2, 0.25) is 0 Å². The molecule has 6 nitrogen and oxygen atoms in total. The zero-order valence-electron chi connectivity index (χ0n) is 54.9. The van der Waals surface area contributed by atoms with Crippen molar-refractivity contribution in [2.24, 2.45) is 0 Å². The largest absolute Gasteiger partial charge is 0.462 e. The van der Waals surface area contributed by atoms with E-state index in [2.05, 4.69) is 118 Å². The van der Waals surface area contributed by atoms with E-state index < -0.39 is 6.10 Å². The first-order valence-electron chi connectivity index (χ1n) is 35.7. The second-order valence-corrected chi connectivity index (χ2v) is 23.8. The van der Waals surface area contributed by atoms with Crippen LogP contribution in [0.2, 0.25) is 0 Å². The Morgan fingerprint density at radius 2 is 0.470 bits per heavy atom. The van der Waals surface area contributed by atoms with Crippen LogP contribution in [0.15, 0.2) is 97.2 Å². The molecule has 83 heavy (non-hydrogen) atoms. The normalized spacial score (nSPS) is 12.7. The fourth-order valence-corrected chi connectivity index (χ4v) is 10.2. The molecule has 0 aromatic heterocycles. The predicted octanol–water partition coefficient (Wildman–Crippen LogP) is 24.8. The van der Waals surface area contributed by atoms with Gasteiger partial charge in [-0.25, -0.2) is 0 Å². The molecule has 0 aliphatic heterocycles. The second kappa shape index (κ2) is 70.8. The third-order valence-electron chi connectivity index (χ3n) is 15.5. The maximum atomic E-state index is 13.0. The number of esters is 3. The summed E-state index contributed by atoms with van der Waals surface area (Å²) in [5.74, 6) is -0.871. The molecule has 0 rings (SSSR count). The standard InChI is InChI=1S/C77H134O6/c1-4-7-10-13-16-19-22-25-28-31-33-34-35-36-37-38-39-40-41-42-44-46-49-52-55-58-61-64-67-70-76(79)82-73-74(72-81-75(78)69-66-63-60-57-54-51-48-45-30-27-24-21-18-15-12-9-6-3)83-77(80)71-68-65-62-59-56-53-50-47-43-32-29-26-23-20-17-14-11-8-5-2/h7,10,16-17,19-20,25-30,33-34,36-37,74H,4-6,8-9,11-15,18,21-24,31-32,35,38-73H2,1-3H3/b10-7-,19-16-,20-17-,28-25-,29-26-,30-27-,34-33-,37-36-. The smallest absolute Gasteiger partial charge is 0.306 e. The van der Waals surface area contributed by atoms with E-state index in [1.54, 1.807) is 0 Å². The molecule has 0 heterocycles. The summed E-state index contributed by atoms with van der Waals surface area (Å²) >= 11 is 0. The zero-order chi connectivity index (χ0) is 59.9. The lowest BCUT2D eigenvalue weighted by Gasteiger charge is -2.18. The van der Waals surface area contributed by atoms with Crippen LogP contribution in [-0.2, 0) is 28.6 Å². The van der Waals surface area contributed by atoms with Crippen LogP contribution in [0.25, 0.3) is 0 Å².